The molecule has 0 aliphatic heterocycles. The third-order valence-corrected chi connectivity index (χ3v) is 4.90. The van der Waals surface area contributed by atoms with E-state index in [0.717, 1.165) is 76.8 Å². The van der Waals surface area contributed by atoms with E-state index in [1.54, 1.807) is 12.4 Å². The van der Waals surface area contributed by atoms with Crippen molar-refractivity contribution in [3.8, 4) is 0 Å². The number of aryl methyl sites for hydroxylation is 3. The normalized spacial score (nSPS) is 11.1. The number of rotatable bonds is 7. The maximum Gasteiger partial charge on any atom is 0.139 e. The first-order valence-electron chi connectivity index (χ1n) is 10.0. The minimum atomic E-state index is 0.764. The summed E-state index contributed by atoms with van der Waals surface area (Å²) in [5.41, 5.74) is 6.05. The van der Waals surface area contributed by atoms with Crippen molar-refractivity contribution < 1.29 is 0 Å². The van der Waals surface area contributed by atoms with Gasteiger partial charge in [0.1, 0.15) is 23.0 Å². The molecule has 0 aliphatic carbocycles. The monoisotopic (exact) mass is 378 g/mol. The fourth-order valence-corrected chi connectivity index (χ4v) is 3.64. The maximum atomic E-state index is 4.76. The quantitative estimate of drug-likeness (QED) is 0.622. The summed E-state index contributed by atoms with van der Waals surface area (Å²) < 4.78 is 0. The predicted molar refractivity (Wildman–Crippen MR) is 117 cm³/mol. The van der Waals surface area contributed by atoms with Crippen molar-refractivity contribution in [1.29, 1.82) is 0 Å². The van der Waals surface area contributed by atoms with Crippen LogP contribution >= 0.6 is 0 Å². The molecule has 0 bridgehead atoms. The molecule has 0 atom stereocenters. The van der Waals surface area contributed by atoms with Gasteiger partial charge in [0.15, 0.2) is 0 Å². The molecule has 0 saturated carbocycles. The Morgan fingerprint density at radius 3 is 2.14 bits per heavy atom. The molecule has 1 N–H and O–H groups in total. The van der Waals surface area contributed by atoms with Crippen LogP contribution in [-0.2, 0) is 0 Å². The third kappa shape index (κ3) is 3.91. The van der Waals surface area contributed by atoms with Crippen LogP contribution in [0.5, 0.6) is 0 Å². The molecule has 28 heavy (non-hydrogen) atoms. The van der Waals surface area contributed by atoms with Gasteiger partial charge < -0.3 is 10.2 Å². The van der Waals surface area contributed by atoms with Crippen LogP contribution in [0.4, 0.5) is 17.3 Å². The van der Waals surface area contributed by atoms with Crippen LogP contribution in [-0.4, -0.2) is 33.0 Å². The molecule has 0 aliphatic rings. The molecule has 3 aromatic rings. The summed E-state index contributed by atoms with van der Waals surface area (Å²) in [7, 11) is 0. The zero-order valence-corrected chi connectivity index (χ0v) is 17.8. The van der Waals surface area contributed by atoms with Crippen molar-refractivity contribution in [1.82, 2.24) is 19.9 Å². The Kier molecular flexibility index (Phi) is 6.07. The number of benzene rings is 1. The number of fused-ring (bicyclic) bond motifs is 1. The second-order valence-corrected chi connectivity index (χ2v) is 7.32. The van der Waals surface area contributed by atoms with Crippen LogP contribution in [0.25, 0.3) is 11.0 Å². The van der Waals surface area contributed by atoms with Gasteiger partial charge in [-0.05, 0) is 51.7 Å². The molecule has 0 radical (unpaired) electrons. The molecule has 0 spiro atoms. The summed E-state index contributed by atoms with van der Waals surface area (Å²) in [4.78, 5) is 20.9. The van der Waals surface area contributed by atoms with Gasteiger partial charge in [0.05, 0.1) is 11.2 Å². The molecule has 0 unspecified atom stereocenters. The van der Waals surface area contributed by atoms with Crippen molar-refractivity contribution in [2.45, 2.75) is 54.4 Å². The fourth-order valence-electron chi connectivity index (χ4n) is 3.64. The molecule has 6 nitrogen and oxygen atoms in total. The van der Waals surface area contributed by atoms with Crippen molar-refractivity contribution in [3.63, 3.8) is 0 Å². The van der Waals surface area contributed by atoms with Crippen LogP contribution in [0.15, 0.2) is 18.5 Å². The highest BCUT2D eigenvalue weighted by atomic mass is 15.2. The molecule has 0 saturated heterocycles. The first-order valence-corrected chi connectivity index (χ1v) is 10.0. The number of nitrogens with one attached hydrogen (secondary N) is 1. The molecule has 2 heterocycles. The first-order chi connectivity index (χ1) is 13.5. The van der Waals surface area contributed by atoms with E-state index in [-0.39, 0.29) is 0 Å². The lowest BCUT2D eigenvalue weighted by Crippen LogP contribution is -2.27. The van der Waals surface area contributed by atoms with Gasteiger partial charge in [-0.2, -0.15) is 0 Å². The minimum absolute atomic E-state index is 0.764. The number of hydrogen-bond donors (Lipinski definition) is 1. The van der Waals surface area contributed by atoms with Crippen molar-refractivity contribution in [2.75, 3.05) is 23.3 Å². The van der Waals surface area contributed by atoms with Crippen LogP contribution in [0, 0.1) is 27.7 Å². The molecule has 2 aromatic heterocycles. The molecule has 1 aromatic carbocycles. The molecular weight excluding hydrogens is 348 g/mol. The van der Waals surface area contributed by atoms with Crippen LogP contribution in [0.1, 0.15) is 49.2 Å². The molecule has 3 rings (SSSR count). The van der Waals surface area contributed by atoms with Crippen molar-refractivity contribution >= 4 is 28.4 Å². The number of aromatic nitrogens is 4. The predicted octanol–water partition coefficient (Wildman–Crippen LogP) is 5.02. The first kappa shape index (κ1) is 20.0. The Morgan fingerprint density at radius 2 is 1.50 bits per heavy atom. The van der Waals surface area contributed by atoms with Crippen LogP contribution in [0.3, 0.4) is 0 Å². The summed E-state index contributed by atoms with van der Waals surface area (Å²) in [6.45, 7) is 14.6. The van der Waals surface area contributed by atoms with Crippen molar-refractivity contribution in [2.24, 2.45) is 0 Å². The van der Waals surface area contributed by atoms with E-state index < -0.39 is 0 Å². The van der Waals surface area contributed by atoms with Gasteiger partial charge in [0, 0.05) is 31.0 Å². The molecule has 0 fully saturated rings. The average molecular weight is 379 g/mol. The molecular formula is C22H30N6. The lowest BCUT2D eigenvalue weighted by Gasteiger charge is -2.26. The van der Waals surface area contributed by atoms with E-state index in [9.17, 15) is 0 Å². The Labute approximate surface area is 167 Å². The number of hydrogen-bond acceptors (Lipinski definition) is 6. The van der Waals surface area contributed by atoms with Gasteiger partial charge in [0.25, 0.3) is 0 Å². The lowest BCUT2D eigenvalue weighted by molar-refractivity contribution is 0.727. The summed E-state index contributed by atoms with van der Waals surface area (Å²) in [5.74, 6) is 2.61. The maximum absolute atomic E-state index is 4.76. The van der Waals surface area contributed by atoms with Crippen LogP contribution in [0.2, 0.25) is 0 Å². The van der Waals surface area contributed by atoms with E-state index in [1.807, 2.05) is 6.92 Å². The third-order valence-electron chi connectivity index (χ3n) is 4.90. The molecule has 0 amide bonds. The zero-order chi connectivity index (χ0) is 20.3. The summed E-state index contributed by atoms with van der Waals surface area (Å²) in [6.07, 6.45) is 5.64. The van der Waals surface area contributed by atoms with E-state index in [1.165, 1.54) is 0 Å². The SMILES string of the molecule is CCCN(CCC)c1nc(C)nc(Nc2c(C)cc(C)c3nccnc23)c1C. The number of anilines is 3. The van der Waals surface area contributed by atoms with E-state index in [0.29, 0.717) is 0 Å². The molecule has 6 heteroatoms. The highest BCUT2D eigenvalue weighted by molar-refractivity contribution is 5.93. The summed E-state index contributed by atoms with van der Waals surface area (Å²) >= 11 is 0. The van der Waals surface area contributed by atoms with E-state index >= 15 is 0 Å². The van der Waals surface area contributed by atoms with Gasteiger partial charge >= 0.3 is 0 Å². The Bertz CT molecular complexity index is 976. The largest absolute Gasteiger partial charge is 0.356 e. The highest BCUT2D eigenvalue weighted by Gasteiger charge is 2.17. The zero-order valence-electron chi connectivity index (χ0n) is 17.8. The Balaban J connectivity index is 2.10. The summed E-state index contributed by atoms with van der Waals surface area (Å²) in [5, 5.41) is 3.55. The smallest absolute Gasteiger partial charge is 0.139 e. The number of nitrogens with zero attached hydrogens (tertiary/aromatic N) is 5. The Hall–Kier alpha value is -2.76. The van der Waals surface area contributed by atoms with Crippen LogP contribution < -0.4 is 10.2 Å². The lowest BCUT2D eigenvalue weighted by atomic mass is 10.1. The minimum Gasteiger partial charge on any atom is -0.356 e. The fraction of sp³-hybridized carbons (Fsp3) is 0.455. The van der Waals surface area contributed by atoms with Crippen molar-refractivity contribution in [3.05, 3.63) is 41.0 Å². The topological polar surface area (TPSA) is 66.8 Å². The van der Waals surface area contributed by atoms with Gasteiger partial charge in [-0.3, -0.25) is 9.97 Å². The van der Waals surface area contributed by atoms with E-state index in [2.05, 4.69) is 60.9 Å². The van der Waals surface area contributed by atoms with Gasteiger partial charge in [-0.1, -0.05) is 19.9 Å². The Morgan fingerprint density at radius 1 is 0.857 bits per heavy atom. The standard InChI is InChI=1S/C22H30N6/c1-7-11-28(12-8-2)22-16(5)21(25-17(6)26-22)27-19-15(4)13-14(3)18-20(19)24-10-9-23-18/h9-10,13H,7-8,11-12H2,1-6H3,(H,25,26,27). The van der Waals surface area contributed by atoms with Gasteiger partial charge in [-0.15, -0.1) is 0 Å². The summed E-state index contributed by atoms with van der Waals surface area (Å²) in [6, 6.07) is 2.14. The second kappa shape index (κ2) is 8.50. The van der Waals surface area contributed by atoms with Gasteiger partial charge in [-0.25, -0.2) is 9.97 Å². The molecule has 148 valence electrons. The average Bonchev–Trinajstić information content (AvgIpc) is 2.67. The second-order valence-electron chi connectivity index (χ2n) is 7.32. The van der Waals surface area contributed by atoms with E-state index in [4.69, 9.17) is 9.97 Å². The highest BCUT2D eigenvalue weighted by Crippen LogP contribution is 2.32. The van der Waals surface area contributed by atoms with Gasteiger partial charge in [0.2, 0.25) is 0 Å².